The van der Waals surface area contributed by atoms with Crippen molar-refractivity contribution >= 4 is 23.5 Å². The Morgan fingerprint density at radius 1 is 1.04 bits per heavy atom. The summed E-state index contributed by atoms with van der Waals surface area (Å²) in [5.41, 5.74) is 0.673. The van der Waals surface area contributed by atoms with Crippen LogP contribution in [-0.4, -0.2) is 22.9 Å². The van der Waals surface area contributed by atoms with E-state index in [1.165, 1.54) is 0 Å². The molecule has 0 saturated heterocycles. The molecule has 3 rings (SSSR count). The van der Waals surface area contributed by atoms with Crippen molar-refractivity contribution in [3.8, 4) is 0 Å². The van der Waals surface area contributed by atoms with E-state index in [4.69, 9.17) is 0 Å². The summed E-state index contributed by atoms with van der Waals surface area (Å²) < 4.78 is 0. The quantitative estimate of drug-likeness (QED) is 0.697. The standard InChI is InChI=1S/C20H20N2O4/c1-13(21-18(24)20(10-11-20)19(25)26)15-8-5-9-16(12-15)22-17(23)14-6-3-2-4-7-14/h2-9,12-13H,10-11H2,1H3,(H,21,24)(H,22,23)(H,25,26). The van der Waals surface area contributed by atoms with Crippen LogP contribution >= 0.6 is 0 Å². The normalized spacial score (nSPS) is 15.6. The lowest BCUT2D eigenvalue weighted by molar-refractivity contribution is -0.149. The summed E-state index contributed by atoms with van der Waals surface area (Å²) in [5.74, 6) is -1.76. The number of amides is 2. The third-order valence-electron chi connectivity index (χ3n) is 4.62. The van der Waals surface area contributed by atoms with Crippen LogP contribution < -0.4 is 10.6 Å². The molecular formula is C20H20N2O4. The fourth-order valence-corrected chi connectivity index (χ4v) is 2.76. The van der Waals surface area contributed by atoms with E-state index in [-0.39, 0.29) is 11.9 Å². The molecule has 1 aliphatic rings. The van der Waals surface area contributed by atoms with Gasteiger partial charge in [0.15, 0.2) is 0 Å². The largest absolute Gasteiger partial charge is 0.480 e. The first kappa shape index (κ1) is 17.7. The van der Waals surface area contributed by atoms with Crippen molar-refractivity contribution in [2.24, 2.45) is 5.41 Å². The van der Waals surface area contributed by atoms with Crippen molar-refractivity contribution in [2.75, 3.05) is 5.32 Å². The molecule has 0 radical (unpaired) electrons. The number of carboxylic acids is 1. The molecule has 1 atom stereocenters. The lowest BCUT2D eigenvalue weighted by Crippen LogP contribution is -2.38. The molecule has 2 aromatic carbocycles. The highest BCUT2D eigenvalue weighted by Crippen LogP contribution is 2.46. The average molecular weight is 352 g/mol. The number of hydrogen-bond donors (Lipinski definition) is 3. The number of aliphatic carboxylic acids is 1. The minimum Gasteiger partial charge on any atom is -0.480 e. The Morgan fingerprint density at radius 3 is 2.35 bits per heavy atom. The van der Waals surface area contributed by atoms with E-state index in [0.29, 0.717) is 24.1 Å². The summed E-state index contributed by atoms with van der Waals surface area (Å²) in [7, 11) is 0. The Bertz CT molecular complexity index is 844. The van der Waals surface area contributed by atoms with E-state index in [1.54, 1.807) is 49.4 Å². The number of hydrogen-bond acceptors (Lipinski definition) is 3. The zero-order valence-corrected chi connectivity index (χ0v) is 14.4. The molecule has 0 aliphatic heterocycles. The molecule has 1 fully saturated rings. The van der Waals surface area contributed by atoms with Gasteiger partial charge in [-0.1, -0.05) is 30.3 Å². The molecule has 6 nitrogen and oxygen atoms in total. The molecule has 1 unspecified atom stereocenters. The summed E-state index contributed by atoms with van der Waals surface area (Å²) in [6.07, 6.45) is 0.738. The Balaban J connectivity index is 1.68. The van der Waals surface area contributed by atoms with E-state index in [1.807, 2.05) is 12.1 Å². The third-order valence-corrected chi connectivity index (χ3v) is 4.62. The van der Waals surface area contributed by atoms with E-state index in [2.05, 4.69) is 10.6 Å². The van der Waals surface area contributed by atoms with Gasteiger partial charge < -0.3 is 15.7 Å². The van der Waals surface area contributed by atoms with Gasteiger partial charge in [0.2, 0.25) is 5.91 Å². The van der Waals surface area contributed by atoms with E-state index < -0.39 is 17.3 Å². The second-order valence-electron chi connectivity index (χ2n) is 6.53. The van der Waals surface area contributed by atoms with Crippen LogP contribution in [0.1, 0.15) is 41.7 Å². The van der Waals surface area contributed by atoms with Gasteiger partial charge in [-0.2, -0.15) is 0 Å². The minimum absolute atomic E-state index is 0.220. The predicted molar refractivity (Wildman–Crippen MR) is 96.7 cm³/mol. The summed E-state index contributed by atoms with van der Waals surface area (Å²) >= 11 is 0. The van der Waals surface area contributed by atoms with E-state index in [9.17, 15) is 19.5 Å². The number of anilines is 1. The second-order valence-corrected chi connectivity index (χ2v) is 6.53. The molecule has 134 valence electrons. The molecule has 26 heavy (non-hydrogen) atoms. The molecule has 0 spiro atoms. The average Bonchev–Trinajstić information content (AvgIpc) is 3.45. The van der Waals surface area contributed by atoms with Crippen molar-refractivity contribution < 1.29 is 19.5 Å². The zero-order valence-electron chi connectivity index (χ0n) is 14.4. The molecule has 0 bridgehead atoms. The van der Waals surface area contributed by atoms with Crippen LogP contribution in [0.15, 0.2) is 54.6 Å². The topological polar surface area (TPSA) is 95.5 Å². The van der Waals surface area contributed by atoms with Gasteiger partial charge >= 0.3 is 5.97 Å². The maximum Gasteiger partial charge on any atom is 0.319 e. The Labute approximate surface area is 151 Å². The van der Waals surface area contributed by atoms with Crippen LogP contribution in [0.2, 0.25) is 0 Å². The van der Waals surface area contributed by atoms with Gasteiger partial charge in [-0.05, 0) is 49.6 Å². The smallest absolute Gasteiger partial charge is 0.319 e. The highest BCUT2D eigenvalue weighted by atomic mass is 16.4. The van der Waals surface area contributed by atoms with Crippen LogP contribution in [0.4, 0.5) is 5.69 Å². The summed E-state index contributed by atoms with van der Waals surface area (Å²) in [5, 5.41) is 14.8. The monoisotopic (exact) mass is 352 g/mol. The first-order valence-corrected chi connectivity index (χ1v) is 8.43. The fourth-order valence-electron chi connectivity index (χ4n) is 2.76. The highest BCUT2D eigenvalue weighted by Gasteiger charge is 2.57. The first-order valence-electron chi connectivity index (χ1n) is 8.43. The number of carbonyl (C=O) groups is 3. The molecular weight excluding hydrogens is 332 g/mol. The summed E-state index contributed by atoms with van der Waals surface area (Å²) in [6, 6.07) is 15.6. The molecule has 0 heterocycles. The molecule has 1 aliphatic carbocycles. The van der Waals surface area contributed by atoms with Gasteiger partial charge in [0.1, 0.15) is 5.41 Å². The Kier molecular flexibility index (Phi) is 4.75. The Hall–Kier alpha value is -3.15. The summed E-state index contributed by atoms with van der Waals surface area (Å²) in [6.45, 7) is 1.79. The lowest BCUT2D eigenvalue weighted by atomic mass is 10.0. The molecule has 2 amide bonds. The van der Waals surface area contributed by atoms with Crippen LogP contribution in [0.25, 0.3) is 0 Å². The SMILES string of the molecule is CC(NC(=O)C1(C(=O)O)CC1)c1cccc(NC(=O)c2ccccc2)c1. The Morgan fingerprint density at radius 2 is 1.73 bits per heavy atom. The van der Waals surface area contributed by atoms with E-state index >= 15 is 0 Å². The number of benzene rings is 2. The summed E-state index contributed by atoms with van der Waals surface area (Å²) in [4.78, 5) is 35.7. The number of rotatable bonds is 6. The number of carbonyl (C=O) groups excluding carboxylic acids is 2. The molecule has 2 aromatic rings. The first-order chi connectivity index (χ1) is 12.4. The fraction of sp³-hybridized carbons (Fsp3) is 0.250. The third kappa shape index (κ3) is 3.59. The molecule has 0 aromatic heterocycles. The van der Waals surface area contributed by atoms with Gasteiger partial charge in [-0.25, -0.2) is 0 Å². The molecule has 3 N–H and O–H groups in total. The van der Waals surface area contributed by atoms with Crippen molar-refractivity contribution in [3.05, 3.63) is 65.7 Å². The minimum atomic E-state index is -1.27. The van der Waals surface area contributed by atoms with Crippen molar-refractivity contribution in [1.29, 1.82) is 0 Å². The second kappa shape index (κ2) is 7.00. The molecule has 6 heteroatoms. The van der Waals surface area contributed by atoms with Crippen molar-refractivity contribution in [3.63, 3.8) is 0 Å². The van der Waals surface area contributed by atoms with Crippen LogP contribution in [0.3, 0.4) is 0 Å². The van der Waals surface area contributed by atoms with Gasteiger partial charge in [-0.3, -0.25) is 14.4 Å². The van der Waals surface area contributed by atoms with E-state index in [0.717, 1.165) is 5.56 Å². The van der Waals surface area contributed by atoms with Crippen molar-refractivity contribution in [2.45, 2.75) is 25.8 Å². The van der Waals surface area contributed by atoms with Gasteiger partial charge in [-0.15, -0.1) is 0 Å². The van der Waals surface area contributed by atoms with Gasteiger partial charge in [0.05, 0.1) is 6.04 Å². The predicted octanol–water partition coefficient (Wildman–Crippen LogP) is 2.98. The van der Waals surface area contributed by atoms with Crippen LogP contribution in [0.5, 0.6) is 0 Å². The maximum atomic E-state index is 12.2. The van der Waals surface area contributed by atoms with Gasteiger partial charge in [0, 0.05) is 11.3 Å². The number of carboxylic acid groups (broad SMARTS) is 1. The molecule has 1 saturated carbocycles. The highest BCUT2D eigenvalue weighted by molar-refractivity contribution is 6.05. The zero-order chi connectivity index (χ0) is 18.7. The van der Waals surface area contributed by atoms with Gasteiger partial charge in [0.25, 0.3) is 5.91 Å². The van der Waals surface area contributed by atoms with Crippen molar-refractivity contribution in [1.82, 2.24) is 5.32 Å². The number of nitrogens with one attached hydrogen (secondary N) is 2. The van der Waals surface area contributed by atoms with Crippen LogP contribution in [-0.2, 0) is 9.59 Å². The van der Waals surface area contributed by atoms with Crippen LogP contribution in [0, 0.1) is 5.41 Å². The maximum absolute atomic E-state index is 12.2. The lowest BCUT2D eigenvalue weighted by Gasteiger charge is -2.18.